The van der Waals surface area contributed by atoms with E-state index in [2.05, 4.69) is 4.98 Å². The maximum absolute atomic E-state index is 5.56. The zero-order valence-corrected chi connectivity index (χ0v) is 9.27. The molecule has 2 aromatic rings. The van der Waals surface area contributed by atoms with Crippen molar-refractivity contribution in [2.24, 2.45) is 5.73 Å². The topological polar surface area (TPSA) is 70.5 Å². The van der Waals surface area contributed by atoms with Crippen LogP contribution in [-0.2, 0) is 4.74 Å². The van der Waals surface area contributed by atoms with E-state index < -0.39 is 0 Å². The normalized spacial score (nSPS) is 12.9. The van der Waals surface area contributed by atoms with Crippen LogP contribution in [-0.4, -0.2) is 25.7 Å². The number of hydrogen-bond donors (Lipinski definition) is 1. The molecule has 1 unspecified atom stereocenters. The molecule has 86 valence electrons. The average molecular weight is 222 g/mol. The summed E-state index contributed by atoms with van der Waals surface area (Å²) in [6.45, 7) is 0.334. The van der Waals surface area contributed by atoms with Gasteiger partial charge in [-0.25, -0.2) is 4.98 Å². The van der Waals surface area contributed by atoms with Crippen LogP contribution in [0.25, 0.3) is 11.1 Å². The van der Waals surface area contributed by atoms with Gasteiger partial charge in [0, 0.05) is 19.7 Å². The molecule has 16 heavy (non-hydrogen) atoms. The van der Waals surface area contributed by atoms with Gasteiger partial charge in [0.2, 0.25) is 5.89 Å². The second-order valence-electron chi connectivity index (χ2n) is 3.35. The molecule has 1 aromatic carbocycles. The van der Waals surface area contributed by atoms with Crippen molar-refractivity contribution >= 4 is 11.1 Å². The van der Waals surface area contributed by atoms with Crippen LogP contribution in [0.4, 0.5) is 0 Å². The van der Waals surface area contributed by atoms with Gasteiger partial charge < -0.3 is 19.6 Å². The summed E-state index contributed by atoms with van der Waals surface area (Å²) >= 11 is 0. The molecule has 5 heteroatoms. The quantitative estimate of drug-likeness (QED) is 0.848. The average Bonchev–Trinajstić information content (AvgIpc) is 2.72. The van der Waals surface area contributed by atoms with E-state index in [1.165, 1.54) is 0 Å². The first-order valence-corrected chi connectivity index (χ1v) is 4.95. The Hall–Kier alpha value is -1.59. The van der Waals surface area contributed by atoms with Crippen molar-refractivity contribution in [3.05, 3.63) is 24.1 Å². The van der Waals surface area contributed by atoms with Crippen molar-refractivity contribution in [2.45, 2.75) is 6.10 Å². The van der Waals surface area contributed by atoms with Crippen molar-refractivity contribution in [3.63, 3.8) is 0 Å². The van der Waals surface area contributed by atoms with Crippen LogP contribution in [0.5, 0.6) is 5.75 Å². The van der Waals surface area contributed by atoms with Gasteiger partial charge in [-0.15, -0.1) is 0 Å². The molecule has 2 rings (SSSR count). The standard InChI is InChI=1S/C11H14N2O3/c1-14-7-3-4-8-9(5-7)16-11(13-8)10(6-12)15-2/h3-5,10H,6,12H2,1-2H3. The lowest BCUT2D eigenvalue weighted by Gasteiger charge is -2.06. The van der Waals surface area contributed by atoms with E-state index in [1.54, 1.807) is 20.3 Å². The van der Waals surface area contributed by atoms with Crippen molar-refractivity contribution in [1.82, 2.24) is 4.98 Å². The highest BCUT2D eigenvalue weighted by molar-refractivity contribution is 5.74. The minimum atomic E-state index is -0.307. The van der Waals surface area contributed by atoms with Gasteiger partial charge in [0.05, 0.1) is 7.11 Å². The van der Waals surface area contributed by atoms with Crippen LogP contribution >= 0.6 is 0 Å². The van der Waals surface area contributed by atoms with E-state index in [0.29, 0.717) is 18.0 Å². The van der Waals surface area contributed by atoms with Crippen LogP contribution < -0.4 is 10.5 Å². The lowest BCUT2D eigenvalue weighted by molar-refractivity contribution is 0.0878. The molecule has 0 aliphatic carbocycles. The summed E-state index contributed by atoms with van der Waals surface area (Å²) in [4.78, 5) is 4.30. The number of ether oxygens (including phenoxy) is 2. The number of benzene rings is 1. The Bertz CT molecular complexity index is 477. The summed E-state index contributed by atoms with van der Waals surface area (Å²) in [6.07, 6.45) is -0.307. The third kappa shape index (κ3) is 1.87. The van der Waals surface area contributed by atoms with E-state index in [-0.39, 0.29) is 6.10 Å². The Labute approximate surface area is 93.2 Å². The predicted molar refractivity (Wildman–Crippen MR) is 59.4 cm³/mol. The van der Waals surface area contributed by atoms with Crippen molar-refractivity contribution in [1.29, 1.82) is 0 Å². The third-order valence-electron chi connectivity index (χ3n) is 2.39. The molecule has 0 fully saturated rings. The van der Waals surface area contributed by atoms with Crippen molar-refractivity contribution < 1.29 is 13.9 Å². The molecule has 1 aromatic heterocycles. The van der Waals surface area contributed by atoms with Gasteiger partial charge in [-0.3, -0.25) is 0 Å². The molecule has 0 radical (unpaired) electrons. The van der Waals surface area contributed by atoms with E-state index in [1.807, 2.05) is 12.1 Å². The maximum Gasteiger partial charge on any atom is 0.225 e. The number of hydrogen-bond acceptors (Lipinski definition) is 5. The minimum absolute atomic E-state index is 0.307. The summed E-state index contributed by atoms with van der Waals surface area (Å²) < 4.78 is 15.8. The minimum Gasteiger partial charge on any atom is -0.497 e. The molecule has 1 heterocycles. The molecule has 0 aliphatic heterocycles. The van der Waals surface area contributed by atoms with Gasteiger partial charge in [0.25, 0.3) is 0 Å². The number of nitrogens with two attached hydrogens (primary N) is 1. The van der Waals surface area contributed by atoms with Crippen LogP contribution in [0, 0.1) is 0 Å². The summed E-state index contributed by atoms with van der Waals surface area (Å²) in [5.41, 5.74) is 6.98. The number of methoxy groups -OCH3 is 2. The summed E-state index contributed by atoms with van der Waals surface area (Å²) in [7, 11) is 3.18. The van der Waals surface area contributed by atoms with E-state index in [4.69, 9.17) is 19.6 Å². The van der Waals surface area contributed by atoms with Crippen LogP contribution in [0.1, 0.15) is 12.0 Å². The number of rotatable bonds is 4. The molecular formula is C11H14N2O3. The number of aromatic nitrogens is 1. The predicted octanol–water partition coefficient (Wildman–Crippen LogP) is 1.48. The molecule has 0 spiro atoms. The molecule has 0 saturated carbocycles. The summed E-state index contributed by atoms with van der Waals surface area (Å²) in [5.74, 6) is 1.23. The van der Waals surface area contributed by atoms with Gasteiger partial charge in [-0.2, -0.15) is 0 Å². The van der Waals surface area contributed by atoms with Gasteiger partial charge in [-0.05, 0) is 12.1 Å². The second kappa shape index (κ2) is 4.51. The van der Waals surface area contributed by atoms with Gasteiger partial charge >= 0.3 is 0 Å². The SMILES string of the molecule is COc1ccc2nc(C(CN)OC)oc2c1. The zero-order chi connectivity index (χ0) is 11.5. The Morgan fingerprint density at radius 3 is 2.88 bits per heavy atom. The summed E-state index contributed by atoms with van der Waals surface area (Å²) in [6, 6.07) is 5.46. The smallest absolute Gasteiger partial charge is 0.225 e. The van der Waals surface area contributed by atoms with Crippen LogP contribution in [0.3, 0.4) is 0 Å². The molecule has 0 amide bonds. The van der Waals surface area contributed by atoms with E-state index >= 15 is 0 Å². The molecule has 1 atom stereocenters. The van der Waals surface area contributed by atoms with Crippen molar-refractivity contribution in [2.75, 3.05) is 20.8 Å². The molecule has 2 N–H and O–H groups in total. The highest BCUT2D eigenvalue weighted by atomic mass is 16.5. The van der Waals surface area contributed by atoms with Crippen molar-refractivity contribution in [3.8, 4) is 5.75 Å². The number of fused-ring (bicyclic) bond motifs is 1. The first-order valence-electron chi connectivity index (χ1n) is 4.95. The Morgan fingerprint density at radius 2 is 2.25 bits per heavy atom. The fourth-order valence-corrected chi connectivity index (χ4v) is 1.49. The number of oxazole rings is 1. The lowest BCUT2D eigenvalue weighted by atomic mass is 10.3. The molecular weight excluding hydrogens is 208 g/mol. The fourth-order valence-electron chi connectivity index (χ4n) is 1.49. The first-order chi connectivity index (χ1) is 7.78. The Balaban J connectivity index is 2.43. The molecule has 0 saturated heterocycles. The Morgan fingerprint density at radius 1 is 1.44 bits per heavy atom. The highest BCUT2D eigenvalue weighted by Gasteiger charge is 2.16. The zero-order valence-electron chi connectivity index (χ0n) is 9.27. The first kappa shape index (κ1) is 10.9. The second-order valence-corrected chi connectivity index (χ2v) is 3.35. The molecule has 5 nitrogen and oxygen atoms in total. The van der Waals surface area contributed by atoms with Gasteiger partial charge in [0.1, 0.15) is 17.4 Å². The Kier molecular flexibility index (Phi) is 3.07. The fraction of sp³-hybridized carbons (Fsp3) is 0.364. The third-order valence-corrected chi connectivity index (χ3v) is 2.39. The lowest BCUT2D eigenvalue weighted by Crippen LogP contribution is -2.14. The van der Waals surface area contributed by atoms with E-state index in [9.17, 15) is 0 Å². The molecule has 0 aliphatic rings. The van der Waals surface area contributed by atoms with Gasteiger partial charge in [0.15, 0.2) is 5.58 Å². The number of nitrogens with zero attached hydrogens (tertiary/aromatic N) is 1. The highest BCUT2D eigenvalue weighted by Crippen LogP contribution is 2.24. The van der Waals surface area contributed by atoms with Crippen LogP contribution in [0.2, 0.25) is 0 Å². The largest absolute Gasteiger partial charge is 0.497 e. The van der Waals surface area contributed by atoms with Crippen LogP contribution in [0.15, 0.2) is 22.6 Å². The maximum atomic E-state index is 5.56. The summed E-state index contributed by atoms with van der Waals surface area (Å²) in [5, 5.41) is 0. The van der Waals surface area contributed by atoms with Gasteiger partial charge in [-0.1, -0.05) is 0 Å². The van der Waals surface area contributed by atoms with E-state index in [0.717, 1.165) is 11.3 Å². The molecule has 0 bridgehead atoms. The monoisotopic (exact) mass is 222 g/mol.